The molecule has 29 heteroatoms. The number of aromatic hydroxyl groups is 1. The summed E-state index contributed by atoms with van der Waals surface area (Å²) in [6, 6.07) is 19.3. The topological polar surface area (TPSA) is 334 Å². The lowest BCUT2D eigenvalue weighted by molar-refractivity contribution is -0.125. The van der Waals surface area contributed by atoms with Crippen LogP contribution in [0.2, 0.25) is 0 Å². The second-order valence-electron chi connectivity index (χ2n) is 28.7. The second-order valence-corrected chi connectivity index (χ2v) is 28.7. The maximum absolute atomic E-state index is 13.8. The van der Waals surface area contributed by atoms with Crippen molar-refractivity contribution in [2.45, 2.75) is 169 Å². The number of methoxy groups -OCH3 is 1. The third-order valence-electron chi connectivity index (χ3n) is 20.8. The minimum atomic E-state index is -1.18. The molecule has 105 heavy (non-hydrogen) atoms. The van der Waals surface area contributed by atoms with Crippen LogP contribution in [0.15, 0.2) is 110 Å². The van der Waals surface area contributed by atoms with Gasteiger partial charge < -0.3 is 67.9 Å². The molecule has 3 aromatic heterocycles. The lowest BCUT2D eigenvalue weighted by Crippen LogP contribution is -2.54. The highest BCUT2D eigenvalue weighted by Gasteiger charge is 2.57. The molecule has 14 rings (SSSR count). The summed E-state index contributed by atoms with van der Waals surface area (Å²) in [6.07, 6.45) is 8.94. The van der Waals surface area contributed by atoms with Crippen LogP contribution in [-0.2, 0) is 56.6 Å². The van der Waals surface area contributed by atoms with Crippen molar-refractivity contribution in [3.05, 3.63) is 190 Å². The summed E-state index contributed by atoms with van der Waals surface area (Å²) in [4.78, 5) is 143. The number of fused-ring (bicyclic) bond motifs is 14. The molecule has 6 fully saturated rings. The van der Waals surface area contributed by atoms with Gasteiger partial charge in [0.05, 0.1) is 32.4 Å². The number of nitrogens with two attached hydrogens (primary N) is 1. The van der Waals surface area contributed by atoms with Crippen molar-refractivity contribution in [3.63, 3.8) is 0 Å². The lowest BCUT2D eigenvalue weighted by atomic mass is 9.91. The smallest absolute Gasteiger partial charge is 0.411 e. The number of pyridine rings is 2. The van der Waals surface area contributed by atoms with E-state index >= 15 is 0 Å². The number of amides is 5. The number of nitrogens with zero attached hydrogens (tertiary/aromatic N) is 5. The summed E-state index contributed by atoms with van der Waals surface area (Å²) in [7, 11) is 1.13. The van der Waals surface area contributed by atoms with Crippen molar-refractivity contribution in [3.8, 4) is 17.2 Å². The fraction of sp³-hybridized carbons (Fsp3) is 0.461. The average molecular weight is 1460 g/mol. The van der Waals surface area contributed by atoms with Gasteiger partial charge >= 0.3 is 24.0 Å². The third-order valence-corrected chi connectivity index (χ3v) is 20.8. The Kier molecular flexibility index (Phi) is 22.2. The Labute approximate surface area is 601 Å². The molecule has 3 aliphatic carbocycles. The number of benzene rings is 3. The summed E-state index contributed by atoms with van der Waals surface area (Å²) in [5.74, 6) is -7.36. The van der Waals surface area contributed by atoms with Crippen LogP contribution in [0.3, 0.4) is 0 Å². The first-order valence-electron chi connectivity index (χ1n) is 35.0. The predicted octanol–water partition coefficient (Wildman–Crippen LogP) is 8.70. The van der Waals surface area contributed by atoms with Gasteiger partial charge in [-0.3, -0.25) is 38.5 Å². The molecule has 6 aromatic rings. The van der Waals surface area contributed by atoms with Gasteiger partial charge in [-0.05, 0) is 120 Å². The zero-order valence-electron chi connectivity index (χ0n) is 59.5. The van der Waals surface area contributed by atoms with Gasteiger partial charge in [-0.25, -0.2) is 32.3 Å². The molecule has 558 valence electrons. The van der Waals surface area contributed by atoms with Crippen molar-refractivity contribution < 1.29 is 89.5 Å². The van der Waals surface area contributed by atoms with E-state index in [-0.39, 0.29) is 102 Å². The summed E-state index contributed by atoms with van der Waals surface area (Å²) >= 11 is 0. The van der Waals surface area contributed by atoms with Crippen molar-refractivity contribution >= 4 is 47.6 Å². The fourth-order valence-electron chi connectivity index (χ4n) is 16.2. The third kappa shape index (κ3) is 15.2. The molecule has 26 nitrogen and oxygen atoms in total. The number of aromatic nitrogens is 2. The standard InChI is InChI=1S/C24H26N2O5.C22H20F3N3O4.C17H16O7.C13H22N2O3/c1-3-30-24(29)17-11-25-12-19-16-9-14(2)18(10-16)26(19)23(28)20(25)22(21(17)27)31-13-15-7-5-4-6-8-15;1-9-2-10-3-16(9)28-17(10)8-27-7-13(19(29)20(30)18(27)22(28)32)21(31)26-6-12-14(24)4-11(23)5-15(12)25;1-3-22-17(20)15-14(23-9-11-7-5-4-6-8-11)13(18)12(10-24-15)16(19)21-2;1-7-5-8-6-9(7)15(10(8)11(14)16)12(17)18-13(2,3)4/h4-8,11,14,16,18-19H,3,9-10,12-13H2,1-2H3;4-5,7,9-10,16-17,30H,2-3,6,8H2,1H3,(H,26,31);4-8,10H,3,9H2,1-2H3;7-10H,5-6H2,1-4H3,(H2,14,16)/t14-,16+,18+,19-;9-,10+,16+,17-;;7-,8+,9+,10+/m00.0/s1. The molecule has 3 saturated heterocycles. The Morgan fingerprint density at radius 2 is 1.10 bits per heavy atom. The minimum Gasteiger partial charge on any atom is -0.503 e. The maximum atomic E-state index is 13.8. The molecule has 3 saturated carbocycles. The van der Waals surface area contributed by atoms with E-state index in [1.54, 1.807) is 52.5 Å². The number of likely N-dealkylation sites (tertiary alicyclic amines) is 1. The Bertz CT molecular complexity index is 4560. The molecule has 0 unspecified atom stereocenters. The molecule has 4 N–H and O–H groups in total. The largest absolute Gasteiger partial charge is 0.503 e. The van der Waals surface area contributed by atoms with Crippen molar-refractivity contribution in [1.29, 1.82) is 0 Å². The number of esters is 3. The lowest BCUT2D eigenvalue weighted by Gasteiger charge is -2.43. The number of rotatable bonds is 15. The summed E-state index contributed by atoms with van der Waals surface area (Å²) < 4.78 is 80.1. The molecule has 5 amide bonds. The van der Waals surface area contributed by atoms with E-state index in [2.05, 4.69) is 30.8 Å². The van der Waals surface area contributed by atoms with Crippen LogP contribution in [0, 0.1) is 53.0 Å². The van der Waals surface area contributed by atoms with Crippen molar-refractivity contribution in [1.82, 2.24) is 29.2 Å². The number of nitrogens with one attached hydrogen (secondary N) is 1. The summed E-state index contributed by atoms with van der Waals surface area (Å²) in [5, 5.41) is 12.7. The number of hydrogen-bond acceptors (Lipinski definition) is 19. The monoisotopic (exact) mass is 1460 g/mol. The van der Waals surface area contributed by atoms with Gasteiger partial charge in [0.1, 0.15) is 65.3 Å². The first-order chi connectivity index (χ1) is 49.9. The molecule has 8 aliphatic rings. The van der Waals surface area contributed by atoms with Gasteiger partial charge in [0.15, 0.2) is 22.9 Å². The second kappa shape index (κ2) is 30.9. The van der Waals surface area contributed by atoms with Gasteiger partial charge in [0.2, 0.25) is 27.9 Å². The molecule has 0 radical (unpaired) electrons. The van der Waals surface area contributed by atoms with E-state index in [0.29, 0.717) is 54.8 Å². The van der Waals surface area contributed by atoms with Gasteiger partial charge in [-0.2, -0.15) is 0 Å². The van der Waals surface area contributed by atoms with Crippen LogP contribution in [-0.4, -0.2) is 139 Å². The van der Waals surface area contributed by atoms with E-state index in [9.17, 15) is 71.0 Å². The molecule has 6 bridgehead atoms. The van der Waals surface area contributed by atoms with E-state index < -0.39 is 116 Å². The fourth-order valence-corrected chi connectivity index (χ4v) is 16.2. The highest BCUT2D eigenvalue weighted by atomic mass is 19.1. The Morgan fingerprint density at radius 3 is 1.63 bits per heavy atom. The van der Waals surface area contributed by atoms with E-state index in [0.717, 1.165) is 63.0 Å². The molecule has 0 spiro atoms. The molecule has 5 aliphatic heterocycles. The normalized spacial score (nSPS) is 23.7. The first-order valence-corrected chi connectivity index (χ1v) is 35.0. The van der Waals surface area contributed by atoms with E-state index in [1.165, 1.54) is 17.0 Å². The van der Waals surface area contributed by atoms with E-state index in [1.807, 2.05) is 62.1 Å². The van der Waals surface area contributed by atoms with Gasteiger partial charge in [0, 0.05) is 67.8 Å². The zero-order chi connectivity index (χ0) is 75.8. The van der Waals surface area contributed by atoms with Crippen molar-refractivity contribution in [2.75, 3.05) is 20.3 Å². The average Bonchev–Trinajstić information content (AvgIpc) is 1.61. The summed E-state index contributed by atoms with van der Waals surface area (Å²) in [6.45, 7) is 15.8. The van der Waals surface area contributed by atoms with Gasteiger partial charge in [-0.15, -0.1) is 0 Å². The molecule has 12 atom stereocenters. The van der Waals surface area contributed by atoms with Crippen LogP contribution >= 0.6 is 0 Å². The number of halogens is 3. The number of carbonyl (C=O) groups excluding carboxylic acids is 8. The van der Waals surface area contributed by atoms with Crippen LogP contribution < -0.4 is 36.8 Å². The maximum Gasteiger partial charge on any atom is 0.411 e. The summed E-state index contributed by atoms with van der Waals surface area (Å²) in [5.41, 5.74) is 2.70. The van der Waals surface area contributed by atoms with Crippen LogP contribution in [0.25, 0.3) is 0 Å². The molecule has 3 aromatic carbocycles. The molecular formula is C76H84F3N7O19. The molecular weight excluding hydrogens is 1370 g/mol. The SMILES string of the molecule is CCOC(=O)c1cn2c(c(OCc3ccccc3)c1=O)C(=O)N1[C@@H]3C[C@@H](C[C@@H]3C)[C@@H]1C2.CCOC(=O)c1occ(C(=O)OC)c(=O)c1OCc1ccccc1.C[C@H]1C[C@@H]2C[C@H]1N(C(=O)OC(C)(C)C)[C@H]2C(N)=O.C[C@H]1C[C@@H]2C[C@H]1N1C(=O)c3c(O)c(=O)c(C(=O)NCc4c(F)cc(F)cc4F)cn3C[C@@H]21. The number of ether oxygens (including phenoxy) is 6. The van der Waals surface area contributed by atoms with E-state index in [4.69, 9.17) is 33.8 Å². The van der Waals surface area contributed by atoms with Crippen molar-refractivity contribution in [2.24, 2.45) is 41.2 Å². The Balaban J connectivity index is 0.000000143. The van der Waals surface area contributed by atoms with Crippen LogP contribution in [0.1, 0.15) is 173 Å². The minimum absolute atomic E-state index is 0.0165. The zero-order valence-corrected chi connectivity index (χ0v) is 59.5. The van der Waals surface area contributed by atoms with Gasteiger partial charge in [0.25, 0.3) is 23.5 Å². The van der Waals surface area contributed by atoms with Gasteiger partial charge in [-0.1, -0.05) is 81.4 Å². The number of hydrogen-bond donors (Lipinski definition) is 3. The number of primary amides is 1. The predicted molar refractivity (Wildman–Crippen MR) is 368 cm³/mol. The highest BCUT2D eigenvalue weighted by Crippen LogP contribution is 2.51. The quantitative estimate of drug-likeness (QED) is 0.0639. The van der Waals surface area contributed by atoms with Crippen LogP contribution in [0.4, 0.5) is 18.0 Å². The first kappa shape index (κ1) is 75.4. The van der Waals surface area contributed by atoms with Crippen LogP contribution in [0.5, 0.6) is 17.2 Å². The highest BCUT2D eigenvalue weighted by molar-refractivity contribution is 6.00. The molecule has 8 heterocycles. The number of carbonyl (C=O) groups is 8. The Hall–Kier alpha value is -10.7. The number of piperidine rings is 3. The Morgan fingerprint density at radius 1 is 0.610 bits per heavy atom.